The summed E-state index contributed by atoms with van der Waals surface area (Å²) in [5, 5.41) is 11.0. The predicted octanol–water partition coefficient (Wildman–Crippen LogP) is 3.42. The first kappa shape index (κ1) is 17.7. The molecule has 25 heavy (non-hydrogen) atoms. The maximum absolute atomic E-state index is 12.8. The average molecular weight is 353 g/mol. The van der Waals surface area contributed by atoms with Crippen LogP contribution in [-0.4, -0.2) is 35.3 Å². The fourth-order valence-corrected chi connectivity index (χ4v) is 4.12. The van der Waals surface area contributed by atoms with Crippen LogP contribution in [0.25, 0.3) is 0 Å². The lowest BCUT2D eigenvalue weighted by Crippen LogP contribution is -2.42. The maximum Gasteiger partial charge on any atom is 0.237 e. The lowest BCUT2D eigenvalue weighted by atomic mass is 10.1. The molecule has 0 unspecified atom stereocenters. The minimum absolute atomic E-state index is 0.207. The van der Waals surface area contributed by atoms with Crippen molar-refractivity contribution >= 4 is 17.2 Å². The van der Waals surface area contributed by atoms with Crippen LogP contribution in [0.2, 0.25) is 0 Å². The van der Waals surface area contributed by atoms with Crippen LogP contribution in [0, 0.1) is 11.3 Å². The van der Waals surface area contributed by atoms with Crippen molar-refractivity contribution < 1.29 is 4.79 Å². The summed E-state index contributed by atoms with van der Waals surface area (Å²) in [5.41, 5.74) is 3.11. The van der Waals surface area contributed by atoms with Crippen molar-refractivity contribution in [1.29, 1.82) is 5.26 Å². The fourth-order valence-electron chi connectivity index (χ4n) is 3.23. The third-order valence-corrected chi connectivity index (χ3v) is 5.57. The number of fused-ring (bicyclic) bond motifs is 1. The van der Waals surface area contributed by atoms with E-state index in [9.17, 15) is 4.79 Å². The van der Waals surface area contributed by atoms with Crippen LogP contribution in [0.3, 0.4) is 0 Å². The molecule has 2 aromatic rings. The van der Waals surface area contributed by atoms with Gasteiger partial charge in [0.15, 0.2) is 0 Å². The molecule has 1 aliphatic heterocycles. The van der Waals surface area contributed by atoms with Crippen LogP contribution in [0.1, 0.15) is 34.9 Å². The molecule has 0 spiro atoms. The normalized spacial score (nSPS) is 13.6. The van der Waals surface area contributed by atoms with Crippen molar-refractivity contribution in [3.05, 3.63) is 57.3 Å². The summed E-state index contributed by atoms with van der Waals surface area (Å²) in [7, 11) is 0. The predicted molar refractivity (Wildman–Crippen MR) is 100 cm³/mol. The topological polar surface area (TPSA) is 47.3 Å². The van der Waals surface area contributed by atoms with Gasteiger partial charge in [-0.3, -0.25) is 9.69 Å². The molecule has 1 aliphatic rings. The third-order valence-electron chi connectivity index (χ3n) is 4.55. The van der Waals surface area contributed by atoms with E-state index in [-0.39, 0.29) is 5.91 Å². The van der Waals surface area contributed by atoms with E-state index in [1.807, 2.05) is 29.2 Å². The molecular formula is C20H23N3OS. The lowest BCUT2D eigenvalue weighted by Gasteiger charge is -2.30. The second-order valence-corrected chi connectivity index (χ2v) is 7.45. The van der Waals surface area contributed by atoms with Gasteiger partial charge in [0.25, 0.3) is 0 Å². The first-order valence-corrected chi connectivity index (χ1v) is 9.62. The van der Waals surface area contributed by atoms with Gasteiger partial charge in [0, 0.05) is 24.5 Å². The van der Waals surface area contributed by atoms with Crippen LogP contribution in [-0.2, 0) is 24.3 Å². The molecule has 0 saturated heterocycles. The number of nitrogens with zero attached hydrogens (tertiary/aromatic N) is 3. The van der Waals surface area contributed by atoms with Gasteiger partial charge in [-0.25, -0.2) is 0 Å². The summed E-state index contributed by atoms with van der Waals surface area (Å²) in [6.07, 6.45) is 1.99. The second-order valence-electron chi connectivity index (χ2n) is 6.45. The van der Waals surface area contributed by atoms with Crippen molar-refractivity contribution in [3.8, 4) is 6.07 Å². The van der Waals surface area contributed by atoms with Crippen molar-refractivity contribution in [3.63, 3.8) is 0 Å². The van der Waals surface area contributed by atoms with Gasteiger partial charge in [-0.15, -0.1) is 11.3 Å². The maximum atomic E-state index is 12.8. The van der Waals surface area contributed by atoms with E-state index >= 15 is 0 Å². The minimum Gasteiger partial charge on any atom is -0.337 e. The Bertz CT molecular complexity index is 760. The molecule has 1 amide bonds. The Kier molecular flexibility index (Phi) is 5.85. The first-order valence-electron chi connectivity index (χ1n) is 8.74. The highest BCUT2D eigenvalue weighted by atomic mass is 32.1. The molecule has 1 aromatic carbocycles. The zero-order valence-corrected chi connectivity index (χ0v) is 15.4. The highest BCUT2D eigenvalue weighted by Crippen LogP contribution is 2.24. The van der Waals surface area contributed by atoms with E-state index in [4.69, 9.17) is 5.26 Å². The third kappa shape index (κ3) is 4.47. The molecule has 2 heterocycles. The number of hydrogen-bond donors (Lipinski definition) is 0. The summed E-state index contributed by atoms with van der Waals surface area (Å²) in [6.45, 7) is 5.78. The van der Waals surface area contributed by atoms with Gasteiger partial charge < -0.3 is 4.90 Å². The van der Waals surface area contributed by atoms with E-state index in [0.29, 0.717) is 12.1 Å². The number of thiophene rings is 1. The van der Waals surface area contributed by atoms with Gasteiger partial charge >= 0.3 is 0 Å². The molecule has 0 bridgehead atoms. The standard InChI is InChI=1S/C20H23N3OS/c1-2-9-22(13-17-5-3-16(12-21)4-6-17)15-20(24)23-10-7-19-18(14-23)8-11-25-19/h3-6,8,11H,2,7,9-10,13-15H2,1H3. The number of benzene rings is 1. The second kappa shape index (κ2) is 8.28. The Labute approximate surface area is 153 Å². The quantitative estimate of drug-likeness (QED) is 0.799. The molecule has 5 heteroatoms. The monoisotopic (exact) mass is 353 g/mol. The van der Waals surface area contributed by atoms with Crippen molar-refractivity contribution in [2.45, 2.75) is 32.9 Å². The molecule has 0 N–H and O–H groups in total. The molecular weight excluding hydrogens is 330 g/mol. The summed E-state index contributed by atoms with van der Waals surface area (Å²) in [5.74, 6) is 0.207. The Hall–Kier alpha value is -2.16. The fraction of sp³-hybridized carbons (Fsp3) is 0.400. The van der Waals surface area contributed by atoms with Gasteiger partial charge in [-0.05, 0) is 54.1 Å². The summed E-state index contributed by atoms with van der Waals surface area (Å²) >= 11 is 1.79. The number of carbonyl (C=O) groups is 1. The van der Waals surface area contributed by atoms with Crippen LogP contribution >= 0.6 is 11.3 Å². The summed E-state index contributed by atoms with van der Waals surface area (Å²) < 4.78 is 0. The lowest BCUT2D eigenvalue weighted by molar-refractivity contribution is -0.133. The zero-order valence-electron chi connectivity index (χ0n) is 14.6. The van der Waals surface area contributed by atoms with Gasteiger partial charge in [0.2, 0.25) is 5.91 Å². The van der Waals surface area contributed by atoms with Crippen molar-refractivity contribution in [2.24, 2.45) is 0 Å². The van der Waals surface area contributed by atoms with E-state index in [0.717, 1.165) is 44.6 Å². The molecule has 3 rings (SSSR count). The summed E-state index contributed by atoms with van der Waals surface area (Å²) in [6, 6.07) is 11.9. The number of nitriles is 1. The molecule has 4 nitrogen and oxygen atoms in total. The number of amides is 1. The molecule has 130 valence electrons. The Balaban J connectivity index is 1.61. The van der Waals surface area contributed by atoms with Crippen molar-refractivity contribution in [1.82, 2.24) is 9.80 Å². The Morgan fingerprint density at radius 2 is 2.12 bits per heavy atom. The Morgan fingerprint density at radius 1 is 1.32 bits per heavy atom. The SMILES string of the molecule is CCCN(CC(=O)N1CCc2sccc2C1)Cc1ccc(C#N)cc1. The molecule has 0 atom stereocenters. The van der Waals surface area contributed by atoms with Gasteiger partial charge in [-0.2, -0.15) is 5.26 Å². The first-order chi connectivity index (χ1) is 12.2. The van der Waals surface area contributed by atoms with Crippen LogP contribution in [0.4, 0.5) is 0 Å². The molecule has 0 fully saturated rings. The van der Waals surface area contributed by atoms with E-state index in [1.165, 1.54) is 10.4 Å². The van der Waals surface area contributed by atoms with E-state index in [2.05, 4.69) is 29.3 Å². The van der Waals surface area contributed by atoms with Gasteiger partial charge in [0.1, 0.15) is 0 Å². The molecule has 0 aliphatic carbocycles. The average Bonchev–Trinajstić information content (AvgIpc) is 3.10. The number of hydrogen-bond acceptors (Lipinski definition) is 4. The van der Waals surface area contributed by atoms with Crippen LogP contribution < -0.4 is 0 Å². The van der Waals surface area contributed by atoms with Gasteiger partial charge in [-0.1, -0.05) is 19.1 Å². The largest absolute Gasteiger partial charge is 0.337 e. The molecule has 0 saturated carbocycles. The van der Waals surface area contributed by atoms with Crippen molar-refractivity contribution in [2.75, 3.05) is 19.6 Å². The highest BCUT2D eigenvalue weighted by molar-refractivity contribution is 7.10. The zero-order chi connectivity index (χ0) is 17.6. The minimum atomic E-state index is 0.207. The molecule has 1 aromatic heterocycles. The smallest absolute Gasteiger partial charge is 0.237 e. The van der Waals surface area contributed by atoms with E-state index < -0.39 is 0 Å². The number of rotatable bonds is 6. The summed E-state index contributed by atoms with van der Waals surface area (Å²) in [4.78, 5) is 18.4. The highest BCUT2D eigenvalue weighted by Gasteiger charge is 2.22. The molecule has 0 radical (unpaired) electrons. The van der Waals surface area contributed by atoms with Crippen LogP contribution in [0.5, 0.6) is 0 Å². The van der Waals surface area contributed by atoms with E-state index in [1.54, 1.807) is 11.3 Å². The van der Waals surface area contributed by atoms with Crippen LogP contribution in [0.15, 0.2) is 35.7 Å². The number of carbonyl (C=O) groups excluding carboxylic acids is 1. The van der Waals surface area contributed by atoms with Gasteiger partial charge in [0.05, 0.1) is 18.2 Å². The Morgan fingerprint density at radius 3 is 2.84 bits per heavy atom.